The van der Waals surface area contributed by atoms with Gasteiger partial charge in [0.25, 0.3) is 0 Å². The van der Waals surface area contributed by atoms with Crippen molar-refractivity contribution in [3.05, 3.63) is 179 Å². The van der Waals surface area contributed by atoms with E-state index in [1.807, 2.05) is 0 Å². The minimum Gasteiger partial charge on any atom is -0.0578 e. The molecule has 0 aliphatic heterocycles. The fourth-order valence-corrected chi connectivity index (χ4v) is 16.3. The van der Waals surface area contributed by atoms with Gasteiger partial charge < -0.3 is 0 Å². The molecule has 0 heteroatoms. The molecule has 0 bridgehead atoms. The van der Waals surface area contributed by atoms with Crippen LogP contribution in [0, 0.1) is 0 Å². The molecule has 0 spiro atoms. The largest absolute Gasteiger partial charge is 0.0578 e. The Kier molecular flexibility index (Phi) is 9.80. The highest BCUT2D eigenvalue weighted by Crippen LogP contribution is 2.61. The molecular formula is C86H78. The lowest BCUT2D eigenvalue weighted by atomic mass is 9.78. The van der Waals surface area contributed by atoms with E-state index in [9.17, 15) is 0 Å². The van der Waals surface area contributed by atoms with Crippen molar-refractivity contribution in [2.24, 2.45) is 0 Å². The zero-order valence-electron chi connectivity index (χ0n) is 53.9. The number of benzene rings is 12. The highest BCUT2D eigenvalue weighted by Gasteiger charge is 2.33. The SMILES string of the molecule is CC(C)(C)c1cc(-c2cc3ccc4c5c6ccc7cc(-c8cc(C(C)(C)C)cc(C(C)(C)C)c8)cc8c7c6c6c8c7ccc(C(C)(C)C)cc7c7ccc8c9ccc%10c%11cc(C(C)(C)C)ccc%11c%11c(c2)c3c4c%11c%10c9c5c8c76)cc(C(C)(C)C)c1. The fourth-order valence-electron chi connectivity index (χ4n) is 16.3. The standard InChI is InChI=1S/C86H78/c1-81(2,3)49-21-25-57-63(41-49)59-29-27-55-56-28-30-60-64-42-50(82(4,5)6)22-26-58(64)70-66-38-46(48-35-53(85(13,14)15)40-54(36-48)86(16,17)18)32-44-20-24-62-71-61-23-19-43-31-45(47-33-51(83(7,8)9)39-52(34-47)84(10,11)12)37-65-67(43)76(61)78(69(57)65)74(59)72(55)80(71)73(56)75(60)79(70)77(62)68(44)66/h19-42H,1-18H3. The molecule has 0 aliphatic carbocycles. The fraction of sp³-hybridized carbons (Fsp3) is 0.279. The van der Waals surface area contributed by atoms with Gasteiger partial charge in [-0.25, -0.2) is 0 Å². The van der Waals surface area contributed by atoms with E-state index < -0.39 is 0 Å². The van der Waals surface area contributed by atoms with Crippen LogP contribution in [0.1, 0.15) is 158 Å². The first-order chi connectivity index (χ1) is 40.4. The molecule has 0 radical (unpaired) electrons. The quantitative estimate of drug-likeness (QED) is 0.151. The molecule has 0 amide bonds. The molecule has 0 unspecified atom stereocenters. The van der Waals surface area contributed by atoms with Gasteiger partial charge in [-0.1, -0.05) is 234 Å². The monoisotopic (exact) mass is 1110 g/mol. The molecule has 0 fully saturated rings. The third-order valence-corrected chi connectivity index (χ3v) is 21.2. The van der Waals surface area contributed by atoms with E-state index in [0.717, 1.165) is 0 Å². The van der Waals surface area contributed by atoms with Crippen LogP contribution in [0.15, 0.2) is 146 Å². The molecule has 0 N–H and O–H groups in total. The number of hydrogen-bond donors (Lipinski definition) is 0. The van der Waals surface area contributed by atoms with Crippen LogP contribution in [-0.2, 0) is 32.5 Å². The zero-order valence-corrected chi connectivity index (χ0v) is 53.9. The lowest BCUT2D eigenvalue weighted by Gasteiger charge is -2.26. The molecule has 0 saturated heterocycles. The summed E-state index contributed by atoms with van der Waals surface area (Å²) in [5, 5.41) is 38.5. The molecule has 0 heterocycles. The van der Waals surface area contributed by atoms with Crippen molar-refractivity contribution in [1.29, 1.82) is 0 Å². The third-order valence-electron chi connectivity index (χ3n) is 21.2. The smallest absolute Gasteiger partial charge is 0.0000922 e. The van der Waals surface area contributed by atoms with E-state index in [4.69, 9.17) is 0 Å². The molecule has 17 rings (SSSR count). The van der Waals surface area contributed by atoms with Gasteiger partial charge in [0.1, 0.15) is 0 Å². The van der Waals surface area contributed by atoms with Crippen molar-refractivity contribution in [3.8, 4) is 22.3 Å². The normalized spacial score (nSPS) is 14.2. The maximum atomic E-state index is 2.60. The highest BCUT2D eigenvalue weighted by atomic mass is 14.4. The molecule has 0 saturated carbocycles. The summed E-state index contributed by atoms with van der Waals surface area (Å²) in [5.74, 6) is 0. The van der Waals surface area contributed by atoms with Gasteiger partial charge in [0.2, 0.25) is 0 Å². The van der Waals surface area contributed by atoms with Gasteiger partial charge >= 0.3 is 0 Å². The molecule has 0 aromatic heterocycles. The number of rotatable bonds is 2. The maximum absolute atomic E-state index is 2.60. The molecule has 17 aromatic carbocycles. The van der Waals surface area contributed by atoms with Crippen molar-refractivity contribution in [2.45, 2.75) is 157 Å². The van der Waals surface area contributed by atoms with Gasteiger partial charge in [0.15, 0.2) is 0 Å². The summed E-state index contributed by atoms with van der Waals surface area (Å²) in [4.78, 5) is 0. The predicted octanol–water partition coefficient (Wildman–Crippen LogP) is 25.6. The van der Waals surface area contributed by atoms with Crippen LogP contribution < -0.4 is 0 Å². The highest BCUT2D eigenvalue weighted by molar-refractivity contribution is 6.59. The van der Waals surface area contributed by atoms with E-state index in [-0.39, 0.29) is 32.5 Å². The summed E-state index contributed by atoms with van der Waals surface area (Å²) < 4.78 is 0. The second kappa shape index (κ2) is 16.1. The predicted molar refractivity (Wildman–Crippen MR) is 382 cm³/mol. The Bertz CT molecular complexity index is 5350. The van der Waals surface area contributed by atoms with Gasteiger partial charge in [0.05, 0.1) is 0 Å². The number of fused-ring (bicyclic) bond motifs is 11. The Morgan fingerprint density at radius 3 is 0.709 bits per heavy atom. The molecular weight excluding hydrogens is 1030 g/mol. The van der Waals surface area contributed by atoms with Gasteiger partial charge in [-0.15, -0.1) is 0 Å². The van der Waals surface area contributed by atoms with Crippen molar-refractivity contribution in [1.82, 2.24) is 0 Å². The van der Waals surface area contributed by atoms with Crippen LogP contribution in [0.2, 0.25) is 0 Å². The Labute approximate surface area is 506 Å². The Morgan fingerprint density at radius 1 is 0.151 bits per heavy atom. The molecule has 422 valence electrons. The topological polar surface area (TPSA) is 0 Å². The summed E-state index contributed by atoms with van der Waals surface area (Å²) in [5.41, 5.74) is 13.3. The van der Waals surface area contributed by atoms with Crippen LogP contribution in [0.4, 0.5) is 0 Å². The Morgan fingerprint density at radius 2 is 0.395 bits per heavy atom. The average molecular weight is 1110 g/mol. The Balaban J connectivity index is 1.12. The van der Waals surface area contributed by atoms with Crippen LogP contribution in [0.25, 0.3) is 173 Å². The van der Waals surface area contributed by atoms with E-state index in [2.05, 4.69) is 270 Å². The first kappa shape index (κ1) is 52.3. The van der Waals surface area contributed by atoms with Crippen molar-refractivity contribution >= 4 is 151 Å². The van der Waals surface area contributed by atoms with E-state index in [1.165, 1.54) is 206 Å². The van der Waals surface area contributed by atoms with Crippen molar-refractivity contribution < 1.29 is 0 Å². The second-order valence-electron chi connectivity index (χ2n) is 32.9. The van der Waals surface area contributed by atoms with Gasteiger partial charge in [0, 0.05) is 0 Å². The van der Waals surface area contributed by atoms with E-state index in [1.54, 1.807) is 0 Å². The average Bonchev–Trinajstić information content (AvgIpc) is 1.49. The van der Waals surface area contributed by atoms with Crippen LogP contribution in [0.3, 0.4) is 0 Å². The number of hydrogen-bond acceptors (Lipinski definition) is 0. The van der Waals surface area contributed by atoms with Crippen LogP contribution in [-0.4, -0.2) is 0 Å². The molecule has 0 atom stereocenters. The third kappa shape index (κ3) is 6.83. The van der Waals surface area contributed by atoms with Crippen LogP contribution >= 0.6 is 0 Å². The summed E-state index contributed by atoms with van der Waals surface area (Å²) in [6.07, 6.45) is 0. The first-order valence-corrected chi connectivity index (χ1v) is 31.9. The zero-order chi connectivity index (χ0) is 59.9. The Hall–Kier alpha value is -8.06. The van der Waals surface area contributed by atoms with E-state index >= 15 is 0 Å². The first-order valence-electron chi connectivity index (χ1n) is 31.9. The minimum atomic E-state index is -0.0298. The second-order valence-corrected chi connectivity index (χ2v) is 32.9. The van der Waals surface area contributed by atoms with Gasteiger partial charge in [-0.2, -0.15) is 0 Å². The summed E-state index contributed by atoms with van der Waals surface area (Å²) in [7, 11) is 0. The summed E-state index contributed by atoms with van der Waals surface area (Å²) in [6.45, 7) is 42.6. The maximum Gasteiger partial charge on any atom is -0.0000922 e. The van der Waals surface area contributed by atoms with Gasteiger partial charge in [-0.3, -0.25) is 0 Å². The van der Waals surface area contributed by atoms with Crippen molar-refractivity contribution in [2.75, 3.05) is 0 Å². The molecule has 86 heavy (non-hydrogen) atoms. The van der Waals surface area contributed by atoms with Crippen LogP contribution in [0.5, 0.6) is 0 Å². The van der Waals surface area contributed by atoms with Gasteiger partial charge in [-0.05, 0) is 275 Å². The van der Waals surface area contributed by atoms with Crippen molar-refractivity contribution in [3.63, 3.8) is 0 Å². The molecule has 17 aromatic rings. The lowest BCUT2D eigenvalue weighted by Crippen LogP contribution is -2.16. The van der Waals surface area contributed by atoms with E-state index in [0.29, 0.717) is 0 Å². The molecule has 0 nitrogen and oxygen atoms in total. The summed E-state index contributed by atoms with van der Waals surface area (Å²) in [6, 6.07) is 60.4. The molecule has 0 aliphatic rings. The lowest BCUT2D eigenvalue weighted by molar-refractivity contribution is 0.568. The summed E-state index contributed by atoms with van der Waals surface area (Å²) >= 11 is 0. The minimum absolute atomic E-state index is 0.00822.